The number of benzene rings is 2. The smallest absolute Gasteiger partial charge is 0.207 e. The Kier molecular flexibility index (Phi) is 3.97. The maximum absolute atomic E-state index is 13.1. The second-order valence-electron chi connectivity index (χ2n) is 4.21. The standard InChI is InChI=1S/C14H14FNO2S/c1-11(12-6-3-2-4-7-12)16-19(17,18)14-9-5-8-13(15)10-14/h2-11,16H,1H3. The molecule has 0 aliphatic heterocycles. The maximum Gasteiger partial charge on any atom is 0.241 e. The van der Waals surface area contributed by atoms with Gasteiger partial charge in [0.05, 0.1) is 4.90 Å². The molecular weight excluding hydrogens is 265 g/mol. The maximum atomic E-state index is 13.1. The minimum atomic E-state index is -3.72. The van der Waals surface area contributed by atoms with Gasteiger partial charge in [0.1, 0.15) is 5.82 Å². The molecule has 0 spiro atoms. The fourth-order valence-corrected chi connectivity index (χ4v) is 3.01. The van der Waals surface area contributed by atoms with Gasteiger partial charge in [-0.3, -0.25) is 0 Å². The fraction of sp³-hybridized carbons (Fsp3) is 0.143. The molecule has 2 aromatic rings. The second-order valence-corrected chi connectivity index (χ2v) is 5.93. The number of hydrogen-bond acceptors (Lipinski definition) is 2. The zero-order valence-corrected chi connectivity index (χ0v) is 11.2. The van der Waals surface area contributed by atoms with Gasteiger partial charge in [-0.05, 0) is 30.7 Å². The molecule has 1 N–H and O–H groups in total. The lowest BCUT2D eigenvalue weighted by atomic mass is 10.1. The van der Waals surface area contributed by atoms with Crippen molar-refractivity contribution in [2.75, 3.05) is 0 Å². The van der Waals surface area contributed by atoms with Crippen molar-refractivity contribution in [1.82, 2.24) is 4.72 Å². The van der Waals surface area contributed by atoms with Crippen molar-refractivity contribution < 1.29 is 12.8 Å². The van der Waals surface area contributed by atoms with Gasteiger partial charge in [0.15, 0.2) is 0 Å². The SMILES string of the molecule is CC(NS(=O)(=O)c1cccc(F)c1)c1ccccc1. The summed E-state index contributed by atoms with van der Waals surface area (Å²) in [5.74, 6) is -0.574. The lowest BCUT2D eigenvalue weighted by molar-refractivity contribution is 0.564. The van der Waals surface area contributed by atoms with E-state index in [4.69, 9.17) is 0 Å². The van der Waals surface area contributed by atoms with Crippen molar-refractivity contribution in [3.63, 3.8) is 0 Å². The Morgan fingerprint density at radius 3 is 2.37 bits per heavy atom. The Hall–Kier alpha value is -1.72. The number of nitrogens with one attached hydrogen (secondary N) is 1. The average molecular weight is 279 g/mol. The summed E-state index contributed by atoms with van der Waals surface area (Å²) in [6.45, 7) is 1.74. The van der Waals surface area contributed by atoms with Gasteiger partial charge in [-0.25, -0.2) is 17.5 Å². The number of halogens is 1. The van der Waals surface area contributed by atoms with Gasteiger partial charge in [0, 0.05) is 6.04 Å². The summed E-state index contributed by atoms with van der Waals surface area (Å²) in [7, 11) is -3.72. The number of sulfonamides is 1. The highest BCUT2D eigenvalue weighted by Crippen LogP contribution is 2.17. The fourth-order valence-electron chi connectivity index (χ4n) is 1.74. The third-order valence-electron chi connectivity index (χ3n) is 2.74. The van der Waals surface area contributed by atoms with Crippen LogP contribution in [0.15, 0.2) is 59.5 Å². The second kappa shape index (κ2) is 5.50. The van der Waals surface area contributed by atoms with Crippen molar-refractivity contribution in [1.29, 1.82) is 0 Å². The largest absolute Gasteiger partial charge is 0.241 e. The molecule has 0 aromatic heterocycles. The van der Waals surface area contributed by atoms with E-state index in [9.17, 15) is 12.8 Å². The summed E-state index contributed by atoms with van der Waals surface area (Å²) in [4.78, 5) is -0.0738. The van der Waals surface area contributed by atoms with Gasteiger partial charge < -0.3 is 0 Å². The highest BCUT2D eigenvalue weighted by molar-refractivity contribution is 7.89. The van der Waals surface area contributed by atoms with E-state index in [0.29, 0.717) is 0 Å². The molecular formula is C14H14FNO2S. The molecule has 0 saturated carbocycles. The molecule has 0 heterocycles. The van der Waals surface area contributed by atoms with Crippen molar-refractivity contribution in [3.05, 3.63) is 66.0 Å². The first-order valence-electron chi connectivity index (χ1n) is 5.82. The van der Waals surface area contributed by atoms with Gasteiger partial charge in [-0.2, -0.15) is 0 Å². The molecule has 2 rings (SSSR count). The molecule has 0 radical (unpaired) electrons. The van der Waals surface area contributed by atoms with Gasteiger partial charge in [-0.1, -0.05) is 36.4 Å². The van der Waals surface area contributed by atoms with E-state index in [1.54, 1.807) is 6.92 Å². The summed E-state index contributed by atoms with van der Waals surface area (Å²) in [5, 5.41) is 0. The molecule has 0 aliphatic carbocycles. The Morgan fingerprint density at radius 1 is 1.05 bits per heavy atom. The minimum absolute atomic E-state index is 0.0738. The summed E-state index contributed by atoms with van der Waals surface area (Å²) >= 11 is 0. The first kappa shape index (κ1) is 13.7. The summed E-state index contributed by atoms with van der Waals surface area (Å²) in [6.07, 6.45) is 0. The molecule has 1 atom stereocenters. The van der Waals surface area contributed by atoms with Crippen molar-refractivity contribution in [3.8, 4) is 0 Å². The van der Waals surface area contributed by atoms with Gasteiger partial charge in [0.2, 0.25) is 10.0 Å². The summed E-state index contributed by atoms with van der Waals surface area (Å²) in [6, 6.07) is 13.8. The summed E-state index contributed by atoms with van der Waals surface area (Å²) < 4.78 is 39.8. The predicted molar refractivity (Wildman–Crippen MR) is 71.6 cm³/mol. The van der Waals surface area contributed by atoms with Crippen LogP contribution in [0.25, 0.3) is 0 Å². The molecule has 0 saturated heterocycles. The molecule has 0 fully saturated rings. The van der Waals surface area contributed by atoms with E-state index < -0.39 is 15.8 Å². The quantitative estimate of drug-likeness (QED) is 0.935. The number of hydrogen-bond donors (Lipinski definition) is 1. The van der Waals surface area contributed by atoms with Crippen LogP contribution in [0.2, 0.25) is 0 Å². The van der Waals surface area contributed by atoms with Crippen LogP contribution in [-0.4, -0.2) is 8.42 Å². The molecule has 19 heavy (non-hydrogen) atoms. The molecule has 0 aliphatic rings. The van der Waals surface area contributed by atoms with Crippen molar-refractivity contribution in [2.24, 2.45) is 0 Å². The van der Waals surface area contributed by atoms with Crippen LogP contribution in [0.5, 0.6) is 0 Å². The molecule has 100 valence electrons. The van der Waals surface area contributed by atoms with Gasteiger partial charge in [-0.15, -0.1) is 0 Å². The van der Waals surface area contributed by atoms with E-state index in [2.05, 4.69) is 4.72 Å². The minimum Gasteiger partial charge on any atom is -0.207 e. The first-order chi connectivity index (χ1) is 8.99. The van der Waals surface area contributed by atoms with Crippen molar-refractivity contribution >= 4 is 10.0 Å². The third kappa shape index (κ3) is 3.39. The van der Waals surface area contributed by atoms with E-state index in [0.717, 1.165) is 11.6 Å². The first-order valence-corrected chi connectivity index (χ1v) is 7.30. The lowest BCUT2D eigenvalue weighted by Gasteiger charge is -2.14. The third-order valence-corrected chi connectivity index (χ3v) is 4.28. The van der Waals surface area contributed by atoms with E-state index >= 15 is 0 Å². The average Bonchev–Trinajstić information content (AvgIpc) is 2.39. The normalized spacial score (nSPS) is 13.2. The molecule has 2 aromatic carbocycles. The zero-order chi connectivity index (χ0) is 13.9. The van der Waals surface area contributed by atoms with Gasteiger partial charge in [0.25, 0.3) is 0 Å². The summed E-state index contributed by atoms with van der Waals surface area (Å²) in [5.41, 5.74) is 0.850. The Labute approximate surface area is 112 Å². The highest BCUT2D eigenvalue weighted by atomic mass is 32.2. The van der Waals surface area contributed by atoms with Crippen LogP contribution in [0.3, 0.4) is 0 Å². The Morgan fingerprint density at radius 2 is 1.74 bits per heavy atom. The number of rotatable bonds is 4. The Bertz CT molecular complexity index is 656. The van der Waals surface area contributed by atoms with Crippen LogP contribution < -0.4 is 4.72 Å². The lowest BCUT2D eigenvalue weighted by Crippen LogP contribution is -2.26. The van der Waals surface area contributed by atoms with Crippen LogP contribution >= 0.6 is 0 Å². The molecule has 3 nitrogen and oxygen atoms in total. The zero-order valence-electron chi connectivity index (χ0n) is 10.4. The predicted octanol–water partition coefficient (Wildman–Crippen LogP) is 2.87. The molecule has 5 heteroatoms. The van der Waals surface area contributed by atoms with Gasteiger partial charge >= 0.3 is 0 Å². The molecule has 0 amide bonds. The topological polar surface area (TPSA) is 46.2 Å². The monoisotopic (exact) mass is 279 g/mol. The molecule has 0 bridgehead atoms. The van der Waals surface area contributed by atoms with Crippen molar-refractivity contribution in [2.45, 2.75) is 17.9 Å². The Balaban J connectivity index is 2.23. The van der Waals surface area contributed by atoms with Crippen LogP contribution in [0, 0.1) is 5.82 Å². The molecule has 1 unspecified atom stereocenters. The van der Waals surface area contributed by atoms with E-state index in [1.807, 2.05) is 30.3 Å². The van der Waals surface area contributed by atoms with Crippen LogP contribution in [0.4, 0.5) is 4.39 Å². The van der Waals surface area contributed by atoms with E-state index in [-0.39, 0.29) is 10.9 Å². The van der Waals surface area contributed by atoms with E-state index in [1.165, 1.54) is 18.2 Å². The van der Waals surface area contributed by atoms with Crippen LogP contribution in [-0.2, 0) is 10.0 Å². The van der Waals surface area contributed by atoms with Crippen LogP contribution in [0.1, 0.15) is 18.5 Å². The highest BCUT2D eigenvalue weighted by Gasteiger charge is 2.18.